The molecule has 3 aromatic rings. The zero-order valence-electron chi connectivity index (χ0n) is 22.5. The quantitative estimate of drug-likeness (QED) is 0.201. The van der Waals surface area contributed by atoms with Crippen LogP contribution in [0.2, 0.25) is 0 Å². The Kier molecular flexibility index (Phi) is 8.96. The standard InChI is InChI=1S/C26H33N4O8PS/c1-15(2)36-23(32)16(3)29-39(40,38-19-11-7-9-17-8-5-6-10-18(17)19)35-14-20-22(31)26(4,34)24(37-20)30-13-12-21(27)28-25(30)33/h5-13,15-16,20,22,24,31,34H,14H2,1-4H3,(H,29,40)(H2,27,28,33)/t16?,20-,22-,24-,26-,39?/m1/s1. The summed E-state index contributed by atoms with van der Waals surface area (Å²) in [7, 11) is 0. The van der Waals surface area contributed by atoms with Crippen molar-refractivity contribution >= 4 is 41.0 Å². The normalized spacial score (nSPS) is 25.0. The molecule has 2 heterocycles. The number of hydrogen-bond acceptors (Lipinski definition) is 11. The number of nitrogens with one attached hydrogen (secondary N) is 1. The third-order valence-electron chi connectivity index (χ3n) is 6.29. The lowest BCUT2D eigenvalue weighted by atomic mass is 9.96. The van der Waals surface area contributed by atoms with Crippen molar-refractivity contribution in [2.75, 3.05) is 12.3 Å². The van der Waals surface area contributed by atoms with Gasteiger partial charge in [0.25, 0.3) is 0 Å². The van der Waals surface area contributed by atoms with Gasteiger partial charge < -0.3 is 34.5 Å². The number of nitrogen functional groups attached to an aromatic ring is 1. The minimum atomic E-state index is -3.52. The SMILES string of the molecule is CC(C)OC(=O)C(C)NP(=S)(OC[C@H]1O[C@@H](n2ccc(N)nc2=O)[C@](C)(O)[C@@H]1O)Oc1cccc2ccccc12. The van der Waals surface area contributed by atoms with E-state index in [2.05, 4.69) is 10.1 Å². The molecular weight excluding hydrogens is 559 g/mol. The summed E-state index contributed by atoms with van der Waals surface area (Å²) in [4.78, 5) is 28.6. The van der Waals surface area contributed by atoms with Crippen LogP contribution in [0.25, 0.3) is 10.8 Å². The Bertz CT molecular complexity index is 1480. The van der Waals surface area contributed by atoms with E-state index in [1.165, 1.54) is 19.2 Å². The van der Waals surface area contributed by atoms with E-state index in [9.17, 15) is 19.8 Å². The molecule has 1 aromatic heterocycles. The monoisotopic (exact) mass is 592 g/mol. The highest BCUT2D eigenvalue weighted by atomic mass is 32.5. The van der Waals surface area contributed by atoms with E-state index in [-0.39, 0.29) is 18.5 Å². The number of aliphatic hydroxyl groups excluding tert-OH is 1. The summed E-state index contributed by atoms with van der Waals surface area (Å²) >= 11 is 5.81. The molecule has 2 unspecified atom stereocenters. The Morgan fingerprint density at radius 1 is 1.25 bits per heavy atom. The molecule has 1 fully saturated rings. The zero-order chi connectivity index (χ0) is 29.2. The number of benzene rings is 2. The summed E-state index contributed by atoms with van der Waals surface area (Å²) in [6, 6.07) is 13.5. The maximum atomic E-state index is 12.6. The van der Waals surface area contributed by atoms with Crippen LogP contribution >= 0.6 is 6.64 Å². The van der Waals surface area contributed by atoms with Crippen LogP contribution in [0.4, 0.5) is 5.82 Å². The lowest BCUT2D eigenvalue weighted by Gasteiger charge is -2.29. The Balaban J connectivity index is 1.59. The van der Waals surface area contributed by atoms with Crippen molar-refractivity contribution in [3.8, 4) is 5.75 Å². The van der Waals surface area contributed by atoms with E-state index in [1.807, 2.05) is 30.3 Å². The zero-order valence-corrected chi connectivity index (χ0v) is 24.2. The number of ether oxygens (including phenoxy) is 2. The third kappa shape index (κ3) is 6.52. The van der Waals surface area contributed by atoms with Gasteiger partial charge in [-0.05, 0) is 57.0 Å². The van der Waals surface area contributed by atoms with Gasteiger partial charge in [-0.3, -0.25) is 9.36 Å². The molecule has 1 aliphatic heterocycles. The van der Waals surface area contributed by atoms with E-state index in [1.54, 1.807) is 32.9 Å². The molecule has 2 aromatic carbocycles. The van der Waals surface area contributed by atoms with Crippen LogP contribution in [0.15, 0.2) is 59.5 Å². The van der Waals surface area contributed by atoms with Crippen LogP contribution in [0.3, 0.4) is 0 Å². The summed E-state index contributed by atoms with van der Waals surface area (Å²) in [5.74, 6) is -0.123. The Morgan fingerprint density at radius 2 is 1.95 bits per heavy atom. The molecule has 40 heavy (non-hydrogen) atoms. The second-order valence-corrected chi connectivity index (χ2v) is 13.1. The van der Waals surface area contributed by atoms with Gasteiger partial charge in [0.2, 0.25) is 0 Å². The molecule has 1 saturated heterocycles. The predicted molar refractivity (Wildman–Crippen MR) is 152 cm³/mol. The van der Waals surface area contributed by atoms with Crippen LogP contribution in [-0.4, -0.2) is 62.3 Å². The van der Waals surface area contributed by atoms with Gasteiger partial charge in [-0.15, -0.1) is 0 Å². The van der Waals surface area contributed by atoms with Crippen LogP contribution in [0.5, 0.6) is 5.75 Å². The van der Waals surface area contributed by atoms with Gasteiger partial charge >= 0.3 is 18.3 Å². The summed E-state index contributed by atoms with van der Waals surface area (Å²) in [5.41, 5.74) is 2.92. The minimum absolute atomic E-state index is 0.00165. The molecule has 0 aliphatic carbocycles. The lowest BCUT2D eigenvalue weighted by molar-refractivity contribution is -0.149. The molecule has 0 bridgehead atoms. The summed E-state index contributed by atoms with van der Waals surface area (Å²) in [6.07, 6.45) is -2.92. The fraction of sp³-hybridized carbons (Fsp3) is 0.423. The van der Waals surface area contributed by atoms with Crippen molar-refractivity contribution in [2.45, 2.75) is 63.9 Å². The fourth-order valence-electron chi connectivity index (χ4n) is 4.27. The molecule has 5 N–H and O–H groups in total. The number of fused-ring (bicyclic) bond motifs is 1. The molecule has 14 heteroatoms. The van der Waals surface area contributed by atoms with Crippen molar-refractivity contribution in [1.82, 2.24) is 14.6 Å². The smallest absolute Gasteiger partial charge is 0.351 e. The number of carbonyl (C=O) groups excluding carboxylic acids is 1. The van der Waals surface area contributed by atoms with E-state index in [0.717, 1.165) is 15.3 Å². The molecule has 0 radical (unpaired) electrons. The maximum absolute atomic E-state index is 12.6. The fourth-order valence-corrected chi connectivity index (χ4v) is 6.69. The van der Waals surface area contributed by atoms with Crippen molar-refractivity contribution < 1.29 is 33.5 Å². The number of anilines is 1. The highest BCUT2D eigenvalue weighted by Gasteiger charge is 2.54. The molecule has 216 valence electrons. The number of rotatable bonds is 10. The number of carbonyl (C=O) groups is 1. The molecule has 0 spiro atoms. The summed E-state index contributed by atoms with van der Waals surface area (Å²) < 4.78 is 24.5. The van der Waals surface area contributed by atoms with Crippen molar-refractivity contribution in [3.05, 3.63) is 65.2 Å². The minimum Gasteiger partial charge on any atom is -0.462 e. The molecule has 0 amide bonds. The third-order valence-corrected chi connectivity index (χ3v) is 8.78. The van der Waals surface area contributed by atoms with E-state index in [4.69, 9.17) is 36.1 Å². The molecule has 4 rings (SSSR count). The molecule has 0 saturated carbocycles. The van der Waals surface area contributed by atoms with Crippen LogP contribution < -0.4 is 21.0 Å². The molecule has 12 nitrogen and oxygen atoms in total. The Morgan fingerprint density at radius 3 is 2.65 bits per heavy atom. The van der Waals surface area contributed by atoms with Gasteiger partial charge in [-0.25, -0.2) is 9.88 Å². The number of aromatic nitrogens is 2. The average molecular weight is 593 g/mol. The van der Waals surface area contributed by atoms with Gasteiger partial charge in [-0.1, -0.05) is 36.4 Å². The first kappa shape index (κ1) is 30.1. The number of nitrogens with two attached hydrogens (primary N) is 1. The van der Waals surface area contributed by atoms with Gasteiger partial charge in [0.1, 0.15) is 35.4 Å². The highest BCUT2D eigenvalue weighted by Crippen LogP contribution is 2.48. The van der Waals surface area contributed by atoms with Crippen LogP contribution in [0.1, 0.15) is 33.9 Å². The average Bonchev–Trinajstić information content (AvgIpc) is 3.11. The second kappa shape index (κ2) is 11.9. The van der Waals surface area contributed by atoms with Gasteiger partial charge in [-0.2, -0.15) is 4.98 Å². The first-order chi connectivity index (χ1) is 18.8. The Labute approximate surface area is 236 Å². The topological polar surface area (TPSA) is 167 Å². The highest BCUT2D eigenvalue weighted by molar-refractivity contribution is 8.09. The van der Waals surface area contributed by atoms with E-state index >= 15 is 0 Å². The maximum Gasteiger partial charge on any atom is 0.351 e. The Hall–Kier alpha value is -2.90. The first-order valence-electron chi connectivity index (χ1n) is 12.6. The number of hydrogen-bond donors (Lipinski definition) is 4. The summed E-state index contributed by atoms with van der Waals surface area (Å²) in [5, 5.41) is 26.6. The predicted octanol–water partition coefficient (Wildman–Crippen LogP) is 2.24. The van der Waals surface area contributed by atoms with Gasteiger partial charge in [0, 0.05) is 11.6 Å². The van der Waals surface area contributed by atoms with Crippen LogP contribution in [0, 0.1) is 0 Å². The molecule has 1 aliphatic rings. The molecule has 6 atom stereocenters. The number of aliphatic hydroxyl groups is 2. The van der Waals surface area contributed by atoms with Crippen molar-refractivity contribution in [1.29, 1.82) is 0 Å². The first-order valence-corrected chi connectivity index (χ1v) is 15.3. The van der Waals surface area contributed by atoms with E-state index in [0.29, 0.717) is 5.75 Å². The number of esters is 1. The van der Waals surface area contributed by atoms with Crippen molar-refractivity contribution in [2.24, 2.45) is 0 Å². The van der Waals surface area contributed by atoms with Gasteiger partial charge in [0.05, 0.1) is 12.7 Å². The summed E-state index contributed by atoms with van der Waals surface area (Å²) in [6.45, 7) is 2.50. The second-order valence-electron chi connectivity index (χ2n) is 9.94. The molecular formula is C26H33N4O8PS. The largest absolute Gasteiger partial charge is 0.462 e. The van der Waals surface area contributed by atoms with Gasteiger partial charge in [0.15, 0.2) is 6.23 Å². The van der Waals surface area contributed by atoms with Crippen molar-refractivity contribution in [3.63, 3.8) is 0 Å². The van der Waals surface area contributed by atoms with Crippen LogP contribution in [-0.2, 0) is 30.6 Å². The van der Waals surface area contributed by atoms with E-state index < -0.39 is 48.4 Å². The lowest BCUT2D eigenvalue weighted by Crippen LogP contribution is -2.46. The number of nitrogens with zero attached hydrogens (tertiary/aromatic N) is 2.